The van der Waals surface area contributed by atoms with E-state index in [2.05, 4.69) is 21.5 Å². The fraction of sp³-hybridized carbons (Fsp3) is 0.160. The molecule has 35 heavy (non-hydrogen) atoms. The third-order valence-corrected chi connectivity index (χ3v) is 4.70. The number of allylic oxidation sites excluding steroid dienone is 3. The van der Waals surface area contributed by atoms with E-state index in [-0.39, 0.29) is 17.5 Å². The van der Waals surface area contributed by atoms with Crippen LogP contribution < -0.4 is 10.5 Å². The van der Waals surface area contributed by atoms with Crippen LogP contribution in [0.3, 0.4) is 0 Å². The van der Waals surface area contributed by atoms with E-state index in [0.29, 0.717) is 28.9 Å². The largest absolute Gasteiger partial charge is 0.573 e. The van der Waals surface area contributed by atoms with Crippen molar-refractivity contribution in [3.8, 4) is 17.1 Å². The summed E-state index contributed by atoms with van der Waals surface area (Å²) in [6.45, 7) is 8.43. The molecular weight excluding hydrogens is 461 g/mol. The van der Waals surface area contributed by atoms with Gasteiger partial charge in [0.15, 0.2) is 0 Å². The number of aromatic nitrogens is 2. The Hall–Kier alpha value is -4.34. The van der Waals surface area contributed by atoms with Crippen molar-refractivity contribution in [2.45, 2.75) is 26.8 Å². The molecule has 2 aromatic carbocycles. The van der Waals surface area contributed by atoms with Crippen molar-refractivity contribution in [3.05, 3.63) is 96.2 Å². The average Bonchev–Trinajstić information content (AvgIpc) is 3.32. The van der Waals surface area contributed by atoms with Crippen LogP contribution in [0.25, 0.3) is 17.0 Å². The Morgan fingerprint density at radius 3 is 2.51 bits per heavy atom. The number of hydrogen-bond acceptors (Lipinski definition) is 6. The first-order valence-electron chi connectivity index (χ1n) is 10.6. The Labute approximate surface area is 200 Å². The number of primary amides is 1. The van der Waals surface area contributed by atoms with Crippen LogP contribution in [0, 0.1) is 0 Å². The molecule has 182 valence electrons. The van der Waals surface area contributed by atoms with Gasteiger partial charge >= 0.3 is 6.36 Å². The summed E-state index contributed by atoms with van der Waals surface area (Å²) in [7, 11) is 0. The van der Waals surface area contributed by atoms with E-state index in [9.17, 15) is 18.0 Å². The molecule has 0 bridgehead atoms. The number of amides is 1. The summed E-state index contributed by atoms with van der Waals surface area (Å²) >= 11 is 0. The summed E-state index contributed by atoms with van der Waals surface area (Å²) in [6, 6.07) is 12.1. The summed E-state index contributed by atoms with van der Waals surface area (Å²) in [6.07, 6.45) is 0.547. The molecule has 2 N–H and O–H groups in total. The molecule has 1 aliphatic rings. The molecule has 0 aliphatic carbocycles. The van der Waals surface area contributed by atoms with E-state index >= 15 is 0 Å². The highest BCUT2D eigenvalue weighted by Crippen LogP contribution is 2.28. The number of halogens is 3. The van der Waals surface area contributed by atoms with Crippen LogP contribution in [0.4, 0.5) is 13.2 Å². The van der Waals surface area contributed by atoms with Crippen LogP contribution in [0.15, 0.2) is 83.7 Å². The number of hydrogen-bond donors (Lipinski definition) is 1. The van der Waals surface area contributed by atoms with E-state index in [1.165, 1.54) is 24.3 Å². The number of carbonyl (C=O) groups excluding carboxylic acids is 1. The average molecular weight is 484 g/mol. The number of nitrogens with two attached hydrogens (primary N) is 1. The first-order valence-corrected chi connectivity index (χ1v) is 10.6. The summed E-state index contributed by atoms with van der Waals surface area (Å²) < 4.78 is 46.2. The SMILES string of the molecule is C=C1C=CC(c2nc(-c3ccc(OC(F)(F)F)cc3)no2)=CN1Cc1cccc(C(N)=O)c1.CC. The molecule has 0 spiro atoms. The van der Waals surface area contributed by atoms with E-state index in [1.807, 2.05) is 24.8 Å². The van der Waals surface area contributed by atoms with Gasteiger partial charge in [0, 0.05) is 29.6 Å². The van der Waals surface area contributed by atoms with Crippen molar-refractivity contribution < 1.29 is 27.2 Å². The maximum atomic E-state index is 12.3. The molecule has 2 heterocycles. The first kappa shape index (κ1) is 25.3. The Balaban J connectivity index is 0.00000167. The molecule has 1 aromatic heterocycles. The van der Waals surface area contributed by atoms with Gasteiger partial charge in [-0.15, -0.1) is 13.2 Å². The summed E-state index contributed by atoms with van der Waals surface area (Å²) in [5.74, 6) is -0.424. The smallest absolute Gasteiger partial charge is 0.406 e. The molecule has 10 heteroatoms. The molecule has 7 nitrogen and oxygen atoms in total. The fourth-order valence-corrected chi connectivity index (χ4v) is 3.13. The van der Waals surface area contributed by atoms with Gasteiger partial charge < -0.3 is 19.9 Å². The minimum atomic E-state index is -4.77. The molecule has 4 rings (SSSR count). The number of alkyl halides is 3. The molecule has 0 radical (unpaired) electrons. The number of rotatable bonds is 6. The monoisotopic (exact) mass is 484 g/mol. The summed E-state index contributed by atoms with van der Waals surface area (Å²) in [4.78, 5) is 17.6. The first-order chi connectivity index (χ1) is 16.7. The summed E-state index contributed by atoms with van der Waals surface area (Å²) in [5.41, 5.74) is 8.40. The normalized spacial score (nSPS) is 13.1. The molecular formula is C25H23F3N4O3. The molecule has 0 saturated heterocycles. The van der Waals surface area contributed by atoms with Crippen LogP contribution in [-0.4, -0.2) is 27.3 Å². The zero-order valence-electron chi connectivity index (χ0n) is 19.0. The van der Waals surface area contributed by atoms with Crippen molar-refractivity contribution in [1.82, 2.24) is 15.0 Å². The molecule has 0 atom stereocenters. The lowest BCUT2D eigenvalue weighted by molar-refractivity contribution is -0.274. The molecule has 1 amide bonds. The maximum Gasteiger partial charge on any atom is 0.573 e. The molecule has 0 fully saturated rings. The Bertz CT molecular complexity index is 1260. The van der Waals surface area contributed by atoms with Crippen LogP contribution in [-0.2, 0) is 6.54 Å². The molecule has 0 unspecified atom stereocenters. The topological polar surface area (TPSA) is 94.5 Å². The molecule has 0 saturated carbocycles. The van der Waals surface area contributed by atoms with Crippen LogP contribution >= 0.6 is 0 Å². The van der Waals surface area contributed by atoms with Gasteiger partial charge in [-0.25, -0.2) is 0 Å². The fourth-order valence-electron chi connectivity index (χ4n) is 3.13. The number of carbonyl (C=O) groups is 1. The van der Waals surface area contributed by atoms with Gasteiger partial charge in [-0.3, -0.25) is 4.79 Å². The van der Waals surface area contributed by atoms with E-state index in [1.54, 1.807) is 36.6 Å². The Morgan fingerprint density at radius 1 is 1.14 bits per heavy atom. The minimum Gasteiger partial charge on any atom is -0.406 e. The highest BCUT2D eigenvalue weighted by Gasteiger charge is 2.31. The second kappa shape index (κ2) is 10.7. The number of benzene rings is 2. The van der Waals surface area contributed by atoms with Gasteiger partial charge in [0.05, 0.1) is 5.57 Å². The Morgan fingerprint density at radius 2 is 1.86 bits per heavy atom. The second-order valence-electron chi connectivity index (χ2n) is 7.10. The van der Waals surface area contributed by atoms with Gasteiger partial charge in [-0.1, -0.05) is 37.7 Å². The summed E-state index contributed by atoms with van der Waals surface area (Å²) in [5, 5.41) is 3.91. The van der Waals surface area contributed by atoms with Crippen molar-refractivity contribution >= 4 is 11.5 Å². The third kappa shape index (κ3) is 6.59. The number of ether oxygens (including phenoxy) is 1. The van der Waals surface area contributed by atoms with Crippen molar-refractivity contribution in [1.29, 1.82) is 0 Å². The maximum absolute atomic E-state index is 12.3. The Kier molecular flexibility index (Phi) is 7.75. The van der Waals surface area contributed by atoms with Crippen LogP contribution in [0.1, 0.15) is 35.7 Å². The van der Waals surface area contributed by atoms with E-state index in [4.69, 9.17) is 10.3 Å². The van der Waals surface area contributed by atoms with E-state index < -0.39 is 12.3 Å². The predicted octanol–water partition coefficient (Wildman–Crippen LogP) is 5.69. The zero-order chi connectivity index (χ0) is 25.6. The highest BCUT2D eigenvalue weighted by atomic mass is 19.4. The van der Waals surface area contributed by atoms with Crippen LogP contribution in [0.2, 0.25) is 0 Å². The molecule has 3 aromatic rings. The standard InChI is InChI=1S/C23H17F3N4O3.C2H6/c1-14-5-6-18(13-30(14)12-15-3-2-4-17(11-15)20(27)31)22-28-21(29-33-22)16-7-9-19(10-8-16)32-23(24,25)26;1-2/h2-11,13H,1,12H2,(H2,27,31);1-2H3. The van der Waals surface area contributed by atoms with Crippen molar-refractivity contribution in [2.75, 3.05) is 0 Å². The lowest BCUT2D eigenvalue weighted by atomic mass is 10.1. The van der Waals surface area contributed by atoms with Crippen molar-refractivity contribution in [3.63, 3.8) is 0 Å². The van der Waals surface area contributed by atoms with Gasteiger partial charge in [-0.05, 0) is 54.1 Å². The van der Waals surface area contributed by atoms with Gasteiger partial charge in [-0.2, -0.15) is 4.98 Å². The third-order valence-electron chi connectivity index (χ3n) is 4.70. The highest BCUT2D eigenvalue weighted by molar-refractivity contribution is 5.92. The van der Waals surface area contributed by atoms with Crippen LogP contribution in [0.5, 0.6) is 5.75 Å². The molecule has 1 aliphatic heterocycles. The predicted molar refractivity (Wildman–Crippen MR) is 125 cm³/mol. The number of nitrogens with zero attached hydrogens (tertiary/aromatic N) is 3. The zero-order valence-corrected chi connectivity index (χ0v) is 19.0. The van der Waals surface area contributed by atoms with E-state index in [0.717, 1.165) is 5.56 Å². The second-order valence-corrected chi connectivity index (χ2v) is 7.10. The minimum absolute atomic E-state index is 0.211. The van der Waals surface area contributed by atoms with Gasteiger partial charge in [0.25, 0.3) is 5.89 Å². The quantitative estimate of drug-likeness (QED) is 0.483. The lowest BCUT2D eigenvalue weighted by Crippen LogP contribution is -2.18. The van der Waals surface area contributed by atoms with Gasteiger partial charge in [0.2, 0.25) is 11.7 Å². The lowest BCUT2D eigenvalue weighted by Gasteiger charge is -2.24. The van der Waals surface area contributed by atoms with Gasteiger partial charge in [0.1, 0.15) is 5.75 Å². The van der Waals surface area contributed by atoms with Crippen molar-refractivity contribution in [2.24, 2.45) is 5.73 Å².